The molecule has 5 nitrogen and oxygen atoms in total. The minimum atomic E-state index is -0.266. The first-order chi connectivity index (χ1) is 28.2. The Bertz CT molecular complexity index is 3360. The summed E-state index contributed by atoms with van der Waals surface area (Å²) in [6.45, 7) is 0. The molecule has 0 bridgehead atoms. The fourth-order valence-corrected chi connectivity index (χ4v) is 9.91. The van der Waals surface area contributed by atoms with E-state index >= 15 is 0 Å². The van der Waals surface area contributed by atoms with Crippen LogP contribution in [0, 0.1) is 0 Å². The molecule has 11 aromatic rings. The van der Waals surface area contributed by atoms with Gasteiger partial charge >= 0.3 is 0 Å². The lowest BCUT2D eigenvalue weighted by Crippen LogP contribution is -2.45. The van der Waals surface area contributed by atoms with Crippen molar-refractivity contribution in [2.24, 2.45) is 4.99 Å². The average Bonchev–Trinajstić information content (AvgIpc) is 3.95. The topological polar surface area (TPSA) is 54.5 Å². The highest BCUT2D eigenvalue weighted by atomic mass is 32.1. The summed E-state index contributed by atoms with van der Waals surface area (Å²) in [7, 11) is 0. The van der Waals surface area contributed by atoms with Gasteiger partial charge in [0.05, 0.1) is 11.0 Å². The molecule has 12 rings (SSSR count). The number of hydrogen-bond acceptors (Lipinski definition) is 5. The minimum absolute atomic E-state index is 0.257. The van der Waals surface area contributed by atoms with Crippen LogP contribution < -0.4 is 10.6 Å². The van der Waals surface area contributed by atoms with Crippen LogP contribution in [0.15, 0.2) is 191 Å². The van der Waals surface area contributed by atoms with Crippen molar-refractivity contribution in [3.63, 3.8) is 0 Å². The minimum Gasteiger partial charge on any atom is -0.456 e. The lowest BCUT2D eigenvalue weighted by molar-refractivity contribution is 0.408. The van der Waals surface area contributed by atoms with Gasteiger partial charge in [0.2, 0.25) is 0 Å². The van der Waals surface area contributed by atoms with E-state index in [1.165, 1.54) is 47.6 Å². The van der Waals surface area contributed by atoms with E-state index in [9.17, 15) is 0 Å². The molecule has 8 aromatic carbocycles. The average molecular weight is 751 g/mol. The molecule has 1 aliphatic rings. The second kappa shape index (κ2) is 12.8. The van der Waals surface area contributed by atoms with Gasteiger partial charge in [-0.25, -0.2) is 4.99 Å². The summed E-state index contributed by atoms with van der Waals surface area (Å²) in [5.74, 6) is 0.851. The van der Waals surface area contributed by atoms with E-state index in [1.807, 2.05) is 17.4 Å². The molecule has 0 spiro atoms. The zero-order chi connectivity index (χ0) is 37.5. The summed E-state index contributed by atoms with van der Waals surface area (Å²) < 4.78 is 11.9. The smallest absolute Gasteiger partial charge is 0.142 e. The van der Waals surface area contributed by atoms with Gasteiger partial charge in [-0.05, 0) is 53.1 Å². The molecule has 270 valence electrons. The maximum absolute atomic E-state index is 6.95. The molecule has 0 saturated heterocycles. The summed E-state index contributed by atoms with van der Waals surface area (Å²) in [4.78, 5) is 5.27. The van der Waals surface area contributed by atoms with Gasteiger partial charge in [-0.15, -0.1) is 11.3 Å². The van der Waals surface area contributed by atoms with Crippen LogP contribution in [-0.2, 0) is 0 Å². The number of amidine groups is 1. The largest absolute Gasteiger partial charge is 0.456 e. The fourth-order valence-electron chi connectivity index (χ4n) is 8.77. The Hall–Kier alpha value is -6.99. The van der Waals surface area contributed by atoms with Crippen molar-refractivity contribution in [2.45, 2.75) is 12.3 Å². The van der Waals surface area contributed by atoms with Crippen LogP contribution in [0.25, 0.3) is 80.7 Å². The highest BCUT2D eigenvalue weighted by Crippen LogP contribution is 2.41. The predicted octanol–water partition coefficient (Wildman–Crippen LogP) is 13.1. The number of benzene rings is 8. The van der Waals surface area contributed by atoms with Crippen LogP contribution >= 0.6 is 11.3 Å². The van der Waals surface area contributed by atoms with Gasteiger partial charge in [-0.2, -0.15) is 0 Å². The number of aliphatic imine (C=N–C) groups is 1. The predicted molar refractivity (Wildman–Crippen MR) is 238 cm³/mol. The summed E-state index contributed by atoms with van der Waals surface area (Å²) in [5.41, 5.74) is 10.7. The van der Waals surface area contributed by atoms with Crippen molar-refractivity contribution in [3.05, 3.63) is 199 Å². The Morgan fingerprint density at radius 2 is 1.21 bits per heavy atom. The summed E-state index contributed by atoms with van der Waals surface area (Å²) in [6, 6.07) is 64.9. The van der Waals surface area contributed by atoms with E-state index in [-0.39, 0.29) is 12.3 Å². The number of nitrogens with one attached hydrogen (secondary N) is 2. The molecule has 3 aromatic heterocycles. The van der Waals surface area contributed by atoms with E-state index < -0.39 is 0 Å². The van der Waals surface area contributed by atoms with Gasteiger partial charge in [0.25, 0.3) is 0 Å². The first-order valence-corrected chi connectivity index (χ1v) is 20.2. The van der Waals surface area contributed by atoms with Crippen molar-refractivity contribution in [1.82, 2.24) is 15.2 Å². The Morgan fingerprint density at radius 3 is 2.07 bits per heavy atom. The van der Waals surface area contributed by atoms with Crippen molar-refractivity contribution in [3.8, 4) is 16.8 Å². The molecule has 57 heavy (non-hydrogen) atoms. The van der Waals surface area contributed by atoms with E-state index in [4.69, 9.17) is 9.41 Å². The molecule has 2 atom stereocenters. The number of fused-ring (bicyclic) bond motifs is 9. The van der Waals surface area contributed by atoms with E-state index in [2.05, 4.69) is 191 Å². The van der Waals surface area contributed by atoms with Crippen LogP contribution in [-0.4, -0.2) is 10.4 Å². The lowest BCUT2D eigenvalue weighted by Gasteiger charge is -2.32. The number of furan rings is 1. The Kier molecular flexibility index (Phi) is 7.24. The monoisotopic (exact) mass is 750 g/mol. The molecule has 2 unspecified atom stereocenters. The number of nitrogens with zero attached hydrogens (tertiary/aromatic N) is 2. The molecule has 4 heterocycles. The number of rotatable bonds is 5. The van der Waals surface area contributed by atoms with Crippen LogP contribution in [0.1, 0.15) is 29.0 Å². The van der Waals surface area contributed by atoms with Crippen LogP contribution in [0.2, 0.25) is 0 Å². The molecular formula is C51H34N4OS. The van der Waals surface area contributed by atoms with Crippen LogP contribution in [0.4, 0.5) is 0 Å². The quantitative estimate of drug-likeness (QED) is 0.184. The third kappa shape index (κ3) is 5.22. The molecule has 0 fully saturated rings. The summed E-state index contributed by atoms with van der Waals surface area (Å²) in [5, 5.41) is 14.8. The molecule has 0 radical (unpaired) electrons. The highest BCUT2D eigenvalue weighted by molar-refractivity contribution is 7.25. The molecule has 0 aliphatic carbocycles. The Labute approximate surface area is 332 Å². The normalized spacial score (nSPS) is 15.9. The Balaban J connectivity index is 0.987. The number of para-hydroxylation sites is 2. The first kappa shape index (κ1) is 32.3. The molecule has 1 aliphatic heterocycles. The van der Waals surface area contributed by atoms with Crippen LogP contribution in [0.3, 0.4) is 0 Å². The highest BCUT2D eigenvalue weighted by Gasteiger charge is 2.28. The van der Waals surface area contributed by atoms with Crippen molar-refractivity contribution >= 4 is 81.1 Å². The Morgan fingerprint density at radius 1 is 0.509 bits per heavy atom. The zero-order valence-corrected chi connectivity index (χ0v) is 31.5. The molecule has 6 heteroatoms. The number of aromatic nitrogens is 1. The summed E-state index contributed by atoms with van der Waals surface area (Å²) >= 11 is 1.82. The standard InChI is InChI=1S/C51H34N4OS/c1-3-12-31(13-4-1)32-22-25-35(26-23-32)55-43-20-9-7-16-36(43)41-29-42-39-18-11-19-40(48(39)56-45(42)30-44(41)55)51-53-49(33-14-5-2-6-15-33)52-50(54-51)34-24-27-38-37-17-8-10-21-46(37)57-47(38)28-34/h1-30,49,51,53H,(H,52,54). The lowest BCUT2D eigenvalue weighted by atomic mass is 10.0. The SMILES string of the molecule is c1ccc(-c2ccc(-n3c4ccccc4c4cc5c(cc43)oc3c(C4NC(c6ccc7c(c6)sc6ccccc67)=NC(c6ccccc6)N4)cccc35)cc2)cc1. The van der Waals surface area contributed by atoms with E-state index in [0.717, 1.165) is 55.7 Å². The second-order valence-corrected chi connectivity index (χ2v) is 15.9. The van der Waals surface area contributed by atoms with E-state index in [0.29, 0.717) is 0 Å². The van der Waals surface area contributed by atoms with Crippen molar-refractivity contribution in [2.75, 3.05) is 0 Å². The zero-order valence-electron chi connectivity index (χ0n) is 30.7. The molecule has 0 amide bonds. The molecule has 2 N–H and O–H groups in total. The van der Waals surface area contributed by atoms with Gasteiger partial charge in [-0.3, -0.25) is 5.32 Å². The third-order valence-electron chi connectivity index (χ3n) is 11.5. The maximum atomic E-state index is 6.95. The first-order valence-electron chi connectivity index (χ1n) is 19.3. The molecular weight excluding hydrogens is 717 g/mol. The van der Waals surface area contributed by atoms with Crippen LogP contribution in [0.5, 0.6) is 0 Å². The fraction of sp³-hybridized carbons (Fsp3) is 0.0392. The third-order valence-corrected chi connectivity index (χ3v) is 12.6. The van der Waals surface area contributed by atoms with Gasteiger partial charge in [0.1, 0.15) is 29.3 Å². The number of thiophene rings is 1. The second-order valence-electron chi connectivity index (χ2n) is 14.8. The molecule has 0 saturated carbocycles. The van der Waals surface area contributed by atoms with Gasteiger partial charge < -0.3 is 14.3 Å². The summed E-state index contributed by atoms with van der Waals surface area (Å²) in [6.07, 6.45) is -0.524. The number of hydrogen-bond donors (Lipinski definition) is 2. The van der Waals surface area contributed by atoms with Gasteiger partial charge in [-0.1, -0.05) is 140 Å². The maximum Gasteiger partial charge on any atom is 0.142 e. The van der Waals surface area contributed by atoms with Crippen molar-refractivity contribution in [1.29, 1.82) is 0 Å². The van der Waals surface area contributed by atoms with E-state index in [1.54, 1.807) is 0 Å². The van der Waals surface area contributed by atoms with Gasteiger partial charge in [0, 0.05) is 64.6 Å². The van der Waals surface area contributed by atoms with Gasteiger partial charge in [0.15, 0.2) is 0 Å². The van der Waals surface area contributed by atoms with Crippen molar-refractivity contribution < 1.29 is 4.42 Å².